The standard InChI is InChI=1S/C11H11NO4/c1-2-6-12-8-5-3-4-7(10(13)14)9(8)11(15)16/h2-5,12H,1,6H2,(H,13,14)(H,15,16). The van der Waals surface area contributed by atoms with E-state index in [1.165, 1.54) is 18.2 Å². The van der Waals surface area contributed by atoms with Crippen molar-refractivity contribution in [3.63, 3.8) is 0 Å². The van der Waals surface area contributed by atoms with Crippen LogP contribution in [0.3, 0.4) is 0 Å². The first-order valence-corrected chi connectivity index (χ1v) is 4.52. The van der Waals surface area contributed by atoms with Crippen LogP contribution in [-0.4, -0.2) is 28.7 Å². The molecule has 0 bridgehead atoms. The third-order valence-electron chi connectivity index (χ3n) is 1.95. The summed E-state index contributed by atoms with van der Waals surface area (Å²) in [7, 11) is 0. The molecule has 0 heterocycles. The van der Waals surface area contributed by atoms with Gasteiger partial charge in [0.2, 0.25) is 0 Å². The van der Waals surface area contributed by atoms with E-state index < -0.39 is 11.9 Å². The summed E-state index contributed by atoms with van der Waals surface area (Å²) in [6, 6.07) is 4.26. The minimum absolute atomic E-state index is 0.235. The van der Waals surface area contributed by atoms with E-state index in [2.05, 4.69) is 11.9 Å². The summed E-state index contributed by atoms with van der Waals surface area (Å²) < 4.78 is 0. The topological polar surface area (TPSA) is 86.6 Å². The molecule has 0 aliphatic heterocycles. The van der Waals surface area contributed by atoms with Gasteiger partial charge in [-0.1, -0.05) is 12.1 Å². The third-order valence-corrected chi connectivity index (χ3v) is 1.95. The molecule has 0 amide bonds. The fourth-order valence-corrected chi connectivity index (χ4v) is 1.29. The summed E-state index contributed by atoms with van der Waals surface area (Å²) >= 11 is 0. The molecule has 0 radical (unpaired) electrons. The van der Waals surface area contributed by atoms with Crippen molar-refractivity contribution in [2.24, 2.45) is 0 Å². The van der Waals surface area contributed by atoms with Gasteiger partial charge in [0.25, 0.3) is 0 Å². The highest BCUT2D eigenvalue weighted by molar-refractivity contribution is 6.05. The Morgan fingerprint density at radius 2 is 2.00 bits per heavy atom. The fraction of sp³-hybridized carbons (Fsp3) is 0.0909. The Morgan fingerprint density at radius 3 is 2.50 bits per heavy atom. The molecule has 0 fully saturated rings. The van der Waals surface area contributed by atoms with E-state index in [0.717, 1.165) is 0 Å². The van der Waals surface area contributed by atoms with Crippen molar-refractivity contribution in [3.05, 3.63) is 42.0 Å². The predicted octanol–water partition coefficient (Wildman–Crippen LogP) is 1.68. The lowest BCUT2D eigenvalue weighted by molar-refractivity contribution is 0.0652. The van der Waals surface area contributed by atoms with Crippen LogP contribution in [0.2, 0.25) is 0 Å². The van der Waals surface area contributed by atoms with Crippen molar-refractivity contribution in [1.29, 1.82) is 0 Å². The van der Waals surface area contributed by atoms with E-state index in [0.29, 0.717) is 6.54 Å². The Balaban J connectivity index is 3.26. The highest BCUT2D eigenvalue weighted by Crippen LogP contribution is 2.20. The maximum atomic E-state index is 11.0. The molecule has 0 spiro atoms. The number of aromatic carboxylic acids is 2. The van der Waals surface area contributed by atoms with E-state index in [-0.39, 0.29) is 16.8 Å². The molecule has 0 unspecified atom stereocenters. The van der Waals surface area contributed by atoms with Crippen molar-refractivity contribution in [1.82, 2.24) is 0 Å². The Hall–Kier alpha value is -2.30. The molecule has 0 aliphatic carbocycles. The smallest absolute Gasteiger partial charge is 0.338 e. The van der Waals surface area contributed by atoms with Gasteiger partial charge in [-0.05, 0) is 12.1 Å². The van der Waals surface area contributed by atoms with Crippen LogP contribution in [0.5, 0.6) is 0 Å². The van der Waals surface area contributed by atoms with Crippen molar-refractivity contribution in [3.8, 4) is 0 Å². The molecule has 1 aromatic rings. The van der Waals surface area contributed by atoms with Gasteiger partial charge in [0.1, 0.15) is 0 Å². The Bertz CT molecular complexity index is 440. The maximum Gasteiger partial charge on any atom is 0.338 e. The molecule has 16 heavy (non-hydrogen) atoms. The van der Waals surface area contributed by atoms with E-state index in [1.807, 2.05) is 0 Å². The molecule has 1 rings (SSSR count). The van der Waals surface area contributed by atoms with Crippen LogP contribution in [0.25, 0.3) is 0 Å². The highest BCUT2D eigenvalue weighted by atomic mass is 16.4. The zero-order valence-corrected chi connectivity index (χ0v) is 8.43. The SMILES string of the molecule is C=CCNc1cccc(C(=O)O)c1C(=O)O. The Morgan fingerprint density at radius 1 is 1.31 bits per heavy atom. The number of rotatable bonds is 5. The average molecular weight is 221 g/mol. The van der Waals surface area contributed by atoms with Crippen LogP contribution in [0.15, 0.2) is 30.9 Å². The summed E-state index contributed by atoms with van der Waals surface area (Å²) in [5, 5.41) is 20.6. The molecular formula is C11H11NO4. The third kappa shape index (κ3) is 2.38. The Kier molecular flexibility index (Phi) is 3.66. The van der Waals surface area contributed by atoms with Gasteiger partial charge >= 0.3 is 11.9 Å². The van der Waals surface area contributed by atoms with Gasteiger partial charge in [-0.25, -0.2) is 9.59 Å². The van der Waals surface area contributed by atoms with Gasteiger partial charge in [0.15, 0.2) is 0 Å². The van der Waals surface area contributed by atoms with E-state index in [9.17, 15) is 9.59 Å². The number of hydrogen-bond acceptors (Lipinski definition) is 3. The lowest BCUT2D eigenvalue weighted by Crippen LogP contribution is -2.12. The normalized spacial score (nSPS) is 9.50. The van der Waals surface area contributed by atoms with Gasteiger partial charge in [-0.2, -0.15) is 0 Å². The number of hydrogen-bond donors (Lipinski definition) is 3. The summed E-state index contributed by atoms with van der Waals surface area (Å²) in [6.45, 7) is 3.85. The number of anilines is 1. The molecule has 0 aliphatic rings. The zero-order chi connectivity index (χ0) is 12.1. The molecule has 0 saturated carbocycles. The summed E-state index contributed by atoms with van der Waals surface area (Å²) in [5.41, 5.74) is -0.203. The molecule has 84 valence electrons. The zero-order valence-electron chi connectivity index (χ0n) is 8.43. The van der Waals surface area contributed by atoms with E-state index in [4.69, 9.17) is 10.2 Å². The number of benzene rings is 1. The number of nitrogens with one attached hydrogen (secondary N) is 1. The van der Waals surface area contributed by atoms with Crippen molar-refractivity contribution < 1.29 is 19.8 Å². The van der Waals surface area contributed by atoms with Gasteiger partial charge in [-0.15, -0.1) is 6.58 Å². The molecule has 5 nitrogen and oxygen atoms in total. The summed E-state index contributed by atoms with van der Waals surface area (Å²) in [5.74, 6) is -2.54. The number of carbonyl (C=O) groups is 2. The summed E-state index contributed by atoms with van der Waals surface area (Å²) in [6.07, 6.45) is 1.55. The molecule has 0 atom stereocenters. The second-order valence-electron chi connectivity index (χ2n) is 3.01. The van der Waals surface area contributed by atoms with Crippen molar-refractivity contribution in [2.45, 2.75) is 0 Å². The second kappa shape index (κ2) is 4.97. The average Bonchev–Trinajstić information content (AvgIpc) is 2.25. The van der Waals surface area contributed by atoms with Gasteiger partial charge in [-0.3, -0.25) is 0 Å². The Labute approximate surface area is 92.0 Å². The monoisotopic (exact) mass is 221 g/mol. The number of carboxylic acid groups (broad SMARTS) is 2. The molecule has 0 saturated heterocycles. The second-order valence-corrected chi connectivity index (χ2v) is 3.01. The van der Waals surface area contributed by atoms with Crippen LogP contribution in [-0.2, 0) is 0 Å². The first-order chi connectivity index (χ1) is 7.57. The highest BCUT2D eigenvalue weighted by Gasteiger charge is 2.19. The van der Waals surface area contributed by atoms with Gasteiger partial charge < -0.3 is 15.5 Å². The lowest BCUT2D eigenvalue weighted by Gasteiger charge is -2.09. The quantitative estimate of drug-likeness (QED) is 0.658. The van der Waals surface area contributed by atoms with Crippen molar-refractivity contribution in [2.75, 3.05) is 11.9 Å². The fourth-order valence-electron chi connectivity index (χ4n) is 1.29. The van der Waals surface area contributed by atoms with Crippen LogP contribution in [0, 0.1) is 0 Å². The van der Waals surface area contributed by atoms with Gasteiger partial charge in [0.05, 0.1) is 11.1 Å². The van der Waals surface area contributed by atoms with Crippen molar-refractivity contribution >= 4 is 17.6 Å². The summed E-state index contributed by atoms with van der Waals surface area (Å²) in [4.78, 5) is 21.8. The van der Waals surface area contributed by atoms with Crippen LogP contribution in [0.1, 0.15) is 20.7 Å². The first kappa shape index (κ1) is 11.8. The van der Waals surface area contributed by atoms with E-state index >= 15 is 0 Å². The molecule has 1 aromatic carbocycles. The lowest BCUT2D eigenvalue weighted by atomic mass is 10.1. The number of carboxylic acids is 2. The minimum Gasteiger partial charge on any atom is -0.478 e. The first-order valence-electron chi connectivity index (χ1n) is 4.52. The molecule has 0 aromatic heterocycles. The van der Waals surface area contributed by atoms with Crippen LogP contribution < -0.4 is 5.32 Å². The van der Waals surface area contributed by atoms with E-state index in [1.54, 1.807) is 6.08 Å². The largest absolute Gasteiger partial charge is 0.478 e. The molecular weight excluding hydrogens is 210 g/mol. The predicted molar refractivity (Wildman–Crippen MR) is 59.0 cm³/mol. The van der Waals surface area contributed by atoms with Crippen LogP contribution in [0.4, 0.5) is 5.69 Å². The molecule has 3 N–H and O–H groups in total. The molecule has 5 heteroatoms. The van der Waals surface area contributed by atoms with Crippen LogP contribution >= 0.6 is 0 Å². The maximum absolute atomic E-state index is 11.0. The van der Waals surface area contributed by atoms with Gasteiger partial charge in [0, 0.05) is 12.2 Å². The minimum atomic E-state index is -1.27.